The molecule has 0 fully saturated rings. The van der Waals surface area contributed by atoms with Crippen molar-refractivity contribution in [1.29, 1.82) is 0 Å². The molecule has 0 bridgehead atoms. The van der Waals surface area contributed by atoms with Crippen LogP contribution in [0.25, 0.3) is 0 Å². The molecule has 0 heterocycles. The Morgan fingerprint density at radius 3 is 2.22 bits per heavy atom. The maximum Gasteiger partial charge on any atom is 0.125 e. The molecule has 56 valence electrons. The van der Waals surface area contributed by atoms with Gasteiger partial charge in [0.05, 0.1) is 0 Å². The van der Waals surface area contributed by atoms with Crippen molar-refractivity contribution in [3.05, 3.63) is 0 Å². The molecule has 0 radical (unpaired) electrons. The molecule has 9 heavy (non-hydrogen) atoms. The summed E-state index contributed by atoms with van der Waals surface area (Å²) >= 11 is 0. The van der Waals surface area contributed by atoms with Crippen LogP contribution < -0.4 is 11.6 Å². The van der Waals surface area contributed by atoms with Crippen LogP contribution in [0.1, 0.15) is 28.6 Å². The van der Waals surface area contributed by atoms with E-state index in [1.165, 1.54) is 0 Å². The maximum absolute atomic E-state index is 5.49. The lowest BCUT2D eigenvalue weighted by atomic mass is 9.89. The van der Waals surface area contributed by atoms with Crippen molar-refractivity contribution < 1.29 is 1.43 Å². The molecule has 0 aliphatic rings. The molecule has 0 spiro atoms. The molecule has 0 saturated carbocycles. The summed E-state index contributed by atoms with van der Waals surface area (Å²) in [6.45, 7) is 6.08. The van der Waals surface area contributed by atoms with E-state index in [4.69, 9.17) is 11.6 Å². The van der Waals surface area contributed by atoms with Crippen molar-refractivity contribution in [2.24, 2.45) is 22.1 Å². The van der Waals surface area contributed by atoms with Gasteiger partial charge in [-0.15, -0.1) is 0 Å². The van der Waals surface area contributed by atoms with Crippen molar-refractivity contribution in [3.63, 3.8) is 0 Å². The molecule has 3 heteroatoms. The molecule has 0 unspecified atom stereocenters. The summed E-state index contributed by atoms with van der Waals surface area (Å²) in [6, 6.07) is 0. The van der Waals surface area contributed by atoms with Gasteiger partial charge in [0.2, 0.25) is 0 Å². The van der Waals surface area contributed by atoms with Gasteiger partial charge in [0.1, 0.15) is 5.84 Å². The SMILES string of the molecule is CCC(C)(C)/C(N)=N/N.[HH]. The van der Waals surface area contributed by atoms with E-state index in [1.807, 2.05) is 13.8 Å². The van der Waals surface area contributed by atoms with Gasteiger partial charge in [0.25, 0.3) is 0 Å². The first-order chi connectivity index (χ1) is 4.04. The molecule has 3 nitrogen and oxygen atoms in total. The molecule has 0 atom stereocenters. The normalized spacial score (nSPS) is 13.9. The molecule has 0 aromatic carbocycles. The summed E-state index contributed by atoms with van der Waals surface area (Å²) in [7, 11) is 0. The average Bonchev–Trinajstić information content (AvgIpc) is 1.86. The van der Waals surface area contributed by atoms with Gasteiger partial charge in [0, 0.05) is 6.84 Å². The molecular formula is C6H17N3. The Bertz CT molecular complexity index is 120. The van der Waals surface area contributed by atoms with Crippen molar-refractivity contribution in [1.82, 2.24) is 0 Å². The molecule has 0 rings (SSSR count). The summed E-state index contributed by atoms with van der Waals surface area (Å²) in [5, 5.41) is 3.43. The third-order valence-electron chi connectivity index (χ3n) is 1.72. The van der Waals surface area contributed by atoms with Gasteiger partial charge in [0.15, 0.2) is 0 Å². The Labute approximate surface area is 57.6 Å². The minimum atomic E-state index is -0.0469. The highest BCUT2D eigenvalue weighted by molar-refractivity contribution is 5.85. The van der Waals surface area contributed by atoms with Gasteiger partial charge in [-0.1, -0.05) is 20.8 Å². The standard InChI is InChI=1S/C6H15N3.H2/c1-4-6(2,3)5(7)9-8;/h4,8H2,1-3H3,(H2,7,9);1H. The molecule has 0 aliphatic heterocycles. The molecule has 0 saturated heterocycles. The number of rotatable bonds is 2. The van der Waals surface area contributed by atoms with Crippen LogP contribution in [0.15, 0.2) is 5.10 Å². The summed E-state index contributed by atoms with van der Waals surface area (Å²) in [5.74, 6) is 5.52. The van der Waals surface area contributed by atoms with E-state index in [-0.39, 0.29) is 6.84 Å². The van der Waals surface area contributed by atoms with Crippen LogP contribution in [0, 0.1) is 5.41 Å². The molecule has 0 aromatic heterocycles. The van der Waals surface area contributed by atoms with E-state index < -0.39 is 0 Å². The van der Waals surface area contributed by atoms with E-state index in [2.05, 4.69) is 12.0 Å². The quantitative estimate of drug-likeness (QED) is 0.253. The van der Waals surface area contributed by atoms with Gasteiger partial charge in [-0.05, 0) is 6.42 Å². The Kier molecular flexibility index (Phi) is 2.49. The fourth-order valence-electron chi connectivity index (χ4n) is 0.356. The second-order valence-corrected chi connectivity index (χ2v) is 2.75. The van der Waals surface area contributed by atoms with Crippen LogP contribution in [0.3, 0.4) is 0 Å². The number of hydrogen-bond acceptors (Lipinski definition) is 2. The molecule has 0 aliphatic carbocycles. The van der Waals surface area contributed by atoms with Crippen LogP contribution in [0.2, 0.25) is 0 Å². The second-order valence-electron chi connectivity index (χ2n) is 2.75. The van der Waals surface area contributed by atoms with Gasteiger partial charge in [-0.3, -0.25) is 0 Å². The topological polar surface area (TPSA) is 64.4 Å². The van der Waals surface area contributed by atoms with Crippen LogP contribution >= 0.6 is 0 Å². The van der Waals surface area contributed by atoms with E-state index in [0.717, 1.165) is 6.42 Å². The third kappa shape index (κ3) is 1.91. The third-order valence-corrected chi connectivity index (χ3v) is 1.72. The first-order valence-electron chi connectivity index (χ1n) is 3.08. The summed E-state index contributed by atoms with van der Waals surface area (Å²) in [4.78, 5) is 0. The predicted octanol–water partition coefficient (Wildman–Crippen LogP) is 0.900. The molecule has 0 aromatic rings. The lowest BCUT2D eigenvalue weighted by molar-refractivity contribution is 0.496. The number of nitrogens with zero attached hydrogens (tertiary/aromatic N) is 1. The maximum atomic E-state index is 5.49. The highest BCUT2D eigenvalue weighted by Gasteiger charge is 2.19. The lowest BCUT2D eigenvalue weighted by Crippen LogP contribution is -2.32. The molecule has 4 N–H and O–H groups in total. The lowest BCUT2D eigenvalue weighted by Gasteiger charge is -2.20. The Morgan fingerprint density at radius 2 is 2.11 bits per heavy atom. The van der Waals surface area contributed by atoms with Crippen LogP contribution in [0.5, 0.6) is 0 Å². The first-order valence-corrected chi connectivity index (χ1v) is 3.08. The van der Waals surface area contributed by atoms with Crippen molar-refractivity contribution in [2.75, 3.05) is 0 Å². The molecule has 0 amide bonds. The highest BCUT2D eigenvalue weighted by Crippen LogP contribution is 2.18. The van der Waals surface area contributed by atoms with E-state index in [1.54, 1.807) is 0 Å². The zero-order valence-electron chi connectivity index (χ0n) is 6.31. The monoisotopic (exact) mass is 131 g/mol. The van der Waals surface area contributed by atoms with E-state index in [0.29, 0.717) is 5.84 Å². The Morgan fingerprint density at radius 1 is 1.67 bits per heavy atom. The van der Waals surface area contributed by atoms with E-state index in [9.17, 15) is 0 Å². The summed E-state index contributed by atoms with van der Waals surface area (Å²) < 4.78 is 0. The zero-order valence-corrected chi connectivity index (χ0v) is 6.31. The van der Waals surface area contributed by atoms with Gasteiger partial charge >= 0.3 is 0 Å². The minimum absolute atomic E-state index is 0. The van der Waals surface area contributed by atoms with Gasteiger partial charge in [-0.25, -0.2) is 0 Å². The van der Waals surface area contributed by atoms with E-state index >= 15 is 0 Å². The zero-order chi connectivity index (χ0) is 7.49. The van der Waals surface area contributed by atoms with Crippen LogP contribution in [0.4, 0.5) is 0 Å². The largest absolute Gasteiger partial charge is 0.385 e. The van der Waals surface area contributed by atoms with Crippen LogP contribution in [-0.2, 0) is 0 Å². The van der Waals surface area contributed by atoms with Crippen molar-refractivity contribution in [2.45, 2.75) is 27.2 Å². The number of nitrogens with two attached hydrogens (primary N) is 2. The van der Waals surface area contributed by atoms with Gasteiger partial charge in [-0.2, -0.15) is 5.10 Å². The highest BCUT2D eigenvalue weighted by atomic mass is 15.2. The first kappa shape index (κ1) is 8.27. The Hall–Kier alpha value is -0.730. The number of hydrazone groups is 1. The summed E-state index contributed by atoms with van der Waals surface area (Å²) in [5.41, 5.74) is 5.44. The van der Waals surface area contributed by atoms with Gasteiger partial charge < -0.3 is 11.6 Å². The summed E-state index contributed by atoms with van der Waals surface area (Å²) in [6.07, 6.45) is 0.958. The van der Waals surface area contributed by atoms with Crippen molar-refractivity contribution in [3.8, 4) is 0 Å². The fourth-order valence-corrected chi connectivity index (χ4v) is 0.356. The molecular weight excluding hydrogens is 114 g/mol. The smallest absolute Gasteiger partial charge is 0.125 e. The van der Waals surface area contributed by atoms with Crippen molar-refractivity contribution >= 4 is 5.84 Å². The number of amidine groups is 1. The van der Waals surface area contributed by atoms with Crippen LogP contribution in [-0.4, -0.2) is 5.84 Å². The Balaban J connectivity index is 0. The number of hydrogen-bond donors (Lipinski definition) is 2. The fraction of sp³-hybridized carbons (Fsp3) is 0.833. The predicted molar refractivity (Wildman–Crippen MR) is 42.0 cm³/mol. The second kappa shape index (κ2) is 2.71. The average molecular weight is 131 g/mol. The minimum Gasteiger partial charge on any atom is -0.385 e.